The molecule has 4 aliphatic rings. The molecule has 3 saturated carbocycles. The van der Waals surface area contributed by atoms with Gasteiger partial charge in [0.1, 0.15) is 5.60 Å². The van der Waals surface area contributed by atoms with Crippen LogP contribution in [-0.4, -0.2) is 40.2 Å². The lowest BCUT2D eigenvalue weighted by Gasteiger charge is -2.60. The number of fused-ring (bicyclic) bond motifs is 5. The number of rotatable bonds is 2. The minimum absolute atomic E-state index is 0.00769. The van der Waals surface area contributed by atoms with Gasteiger partial charge in [-0.15, -0.1) is 0 Å². The van der Waals surface area contributed by atoms with Gasteiger partial charge < -0.3 is 10.2 Å². The summed E-state index contributed by atoms with van der Waals surface area (Å²) < 4.78 is 13.2. The lowest BCUT2D eigenvalue weighted by Crippen LogP contribution is -2.62. The summed E-state index contributed by atoms with van der Waals surface area (Å²) in [5.74, 6) is -0.465. The van der Waals surface area contributed by atoms with Gasteiger partial charge in [0, 0.05) is 16.7 Å². The van der Waals surface area contributed by atoms with Gasteiger partial charge in [0.15, 0.2) is 18.2 Å². The van der Waals surface area contributed by atoms with E-state index in [-0.39, 0.29) is 42.3 Å². The van der Waals surface area contributed by atoms with Crippen molar-refractivity contribution in [2.24, 2.45) is 34.5 Å². The lowest BCUT2D eigenvalue weighted by molar-refractivity contribution is -0.179. The third kappa shape index (κ3) is 2.27. The summed E-state index contributed by atoms with van der Waals surface area (Å²) >= 11 is 0. The Labute approximate surface area is 159 Å². The monoisotopic (exact) mass is 376 g/mol. The van der Waals surface area contributed by atoms with E-state index in [2.05, 4.69) is 13.8 Å². The fourth-order valence-electron chi connectivity index (χ4n) is 7.32. The van der Waals surface area contributed by atoms with E-state index in [1.54, 1.807) is 12.2 Å². The molecule has 0 bridgehead atoms. The zero-order chi connectivity index (χ0) is 19.8. The average molecular weight is 376 g/mol. The van der Waals surface area contributed by atoms with E-state index >= 15 is 0 Å². The maximum absolute atomic E-state index is 13.2. The van der Waals surface area contributed by atoms with Gasteiger partial charge in [-0.3, -0.25) is 9.59 Å². The van der Waals surface area contributed by atoms with Crippen LogP contribution in [0.25, 0.3) is 0 Å². The molecule has 0 saturated heterocycles. The standard InChI is InChI=1S/C22H29FO4/c1-12-8-14-15-5-7-22(27,18(26)11-23)21(15,3)10-17(25)19(14)20(2)6-4-13(24)9-16(12)20/h4,6,9,12,14-15,17,19,25,27H,5,7-8,10-11H2,1-3H3/t12-,14-,15+,17+,19+,20-,21+,22-/m0/s1. The third-order valence-electron chi connectivity index (χ3n) is 8.55. The summed E-state index contributed by atoms with van der Waals surface area (Å²) in [5, 5.41) is 22.3. The number of carbonyl (C=O) groups is 2. The molecule has 0 aromatic carbocycles. The van der Waals surface area contributed by atoms with E-state index < -0.39 is 35.0 Å². The molecule has 0 heterocycles. The van der Waals surface area contributed by atoms with Crippen LogP contribution in [0.15, 0.2) is 23.8 Å². The molecule has 0 spiro atoms. The first-order valence-corrected chi connectivity index (χ1v) is 10.0. The number of carbonyl (C=O) groups excluding carboxylic acids is 2. The quantitative estimate of drug-likeness (QED) is 0.777. The minimum atomic E-state index is -1.70. The molecule has 0 amide bonds. The average Bonchev–Trinajstić information content (AvgIpc) is 2.87. The lowest BCUT2D eigenvalue weighted by atomic mass is 9.45. The van der Waals surface area contributed by atoms with Crippen LogP contribution in [0.2, 0.25) is 0 Å². The Hall–Kier alpha value is -1.33. The Morgan fingerprint density at radius 2 is 2.07 bits per heavy atom. The van der Waals surface area contributed by atoms with Crippen molar-refractivity contribution in [3.8, 4) is 0 Å². The van der Waals surface area contributed by atoms with E-state index in [9.17, 15) is 24.2 Å². The molecule has 4 nitrogen and oxygen atoms in total. The Morgan fingerprint density at radius 3 is 2.74 bits per heavy atom. The van der Waals surface area contributed by atoms with Crippen molar-refractivity contribution < 1.29 is 24.2 Å². The largest absolute Gasteiger partial charge is 0.393 e. The molecule has 0 aliphatic heterocycles. The molecule has 0 radical (unpaired) electrons. The highest BCUT2D eigenvalue weighted by atomic mass is 19.1. The van der Waals surface area contributed by atoms with Crippen LogP contribution < -0.4 is 0 Å². The van der Waals surface area contributed by atoms with Gasteiger partial charge in [0.05, 0.1) is 6.10 Å². The fraction of sp³-hybridized carbons (Fsp3) is 0.727. The van der Waals surface area contributed by atoms with Gasteiger partial charge in [-0.05, 0) is 55.6 Å². The van der Waals surface area contributed by atoms with E-state index in [4.69, 9.17) is 0 Å². The molecule has 0 aromatic rings. The highest BCUT2D eigenvalue weighted by Crippen LogP contribution is 2.67. The molecule has 27 heavy (non-hydrogen) atoms. The molecule has 0 unspecified atom stereocenters. The second-order valence-electron chi connectivity index (χ2n) is 9.70. The van der Waals surface area contributed by atoms with Gasteiger partial charge in [0.2, 0.25) is 0 Å². The van der Waals surface area contributed by atoms with Crippen molar-refractivity contribution in [1.82, 2.24) is 0 Å². The molecule has 5 heteroatoms. The smallest absolute Gasteiger partial charge is 0.195 e. The Kier molecular flexibility index (Phi) is 4.11. The molecule has 3 fully saturated rings. The van der Waals surface area contributed by atoms with E-state index in [1.165, 1.54) is 0 Å². The maximum Gasteiger partial charge on any atom is 0.195 e. The summed E-state index contributed by atoms with van der Waals surface area (Å²) in [4.78, 5) is 24.2. The number of halogens is 1. The molecule has 4 aliphatic carbocycles. The fourth-order valence-corrected chi connectivity index (χ4v) is 7.32. The van der Waals surface area contributed by atoms with Crippen LogP contribution in [0.3, 0.4) is 0 Å². The van der Waals surface area contributed by atoms with E-state index in [0.29, 0.717) is 6.42 Å². The van der Waals surface area contributed by atoms with Crippen molar-refractivity contribution in [3.63, 3.8) is 0 Å². The summed E-state index contributed by atoms with van der Waals surface area (Å²) in [6.07, 6.45) is 6.55. The zero-order valence-electron chi connectivity index (χ0n) is 16.2. The van der Waals surface area contributed by atoms with Crippen LogP contribution in [-0.2, 0) is 9.59 Å². The van der Waals surface area contributed by atoms with Crippen LogP contribution in [0.1, 0.15) is 46.5 Å². The highest BCUT2D eigenvalue weighted by molar-refractivity contribution is 6.01. The number of hydrogen-bond acceptors (Lipinski definition) is 4. The van der Waals surface area contributed by atoms with Crippen molar-refractivity contribution in [2.75, 3.05) is 6.67 Å². The number of Topliss-reactive ketones (excluding diaryl/α,β-unsaturated/α-hetero) is 1. The normalized spacial score (nSPS) is 51.3. The maximum atomic E-state index is 13.2. The second-order valence-corrected chi connectivity index (χ2v) is 9.70. The SMILES string of the molecule is C[C@H]1C[C@@H]2[C@H]([C@H](O)C[C@]3(C)[C@@H]2CC[C@]3(O)C(=O)CF)[C@@]2(C)C=CC(=O)C=C12. The Balaban J connectivity index is 1.78. The van der Waals surface area contributed by atoms with Gasteiger partial charge in [-0.25, -0.2) is 4.39 Å². The first kappa shape index (κ1) is 19.0. The molecular weight excluding hydrogens is 347 g/mol. The van der Waals surface area contributed by atoms with Gasteiger partial charge >= 0.3 is 0 Å². The number of aliphatic hydroxyl groups is 2. The molecule has 0 aromatic heterocycles. The Morgan fingerprint density at radius 1 is 1.37 bits per heavy atom. The van der Waals surface area contributed by atoms with Crippen LogP contribution in [0, 0.1) is 34.5 Å². The topological polar surface area (TPSA) is 74.6 Å². The highest BCUT2D eigenvalue weighted by Gasteiger charge is 2.68. The summed E-state index contributed by atoms with van der Waals surface area (Å²) in [6, 6.07) is 0. The van der Waals surface area contributed by atoms with Crippen LogP contribution in [0.5, 0.6) is 0 Å². The number of allylic oxidation sites excluding steroid dienone is 4. The van der Waals surface area contributed by atoms with Crippen molar-refractivity contribution in [1.29, 1.82) is 0 Å². The third-order valence-corrected chi connectivity index (χ3v) is 8.55. The van der Waals surface area contributed by atoms with Crippen LogP contribution >= 0.6 is 0 Å². The number of ketones is 2. The molecule has 4 rings (SSSR count). The van der Waals surface area contributed by atoms with E-state index in [1.807, 2.05) is 13.0 Å². The van der Waals surface area contributed by atoms with E-state index in [0.717, 1.165) is 12.0 Å². The van der Waals surface area contributed by atoms with Gasteiger partial charge in [0.25, 0.3) is 0 Å². The van der Waals surface area contributed by atoms with Crippen molar-refractivity contribution in [3.05, 3.63) is 23.8 Å². The summed E-state index contributed by atoms with van der Waals surface area (Å²) in [5.41, 5.74) is -1.84. The van der Waals surface area contributed by atoms with Crippen molar-refractivity contribution in [2.45, 2.75) is 58.2 Å². The zero-order valence-corrected chi connectivity index (χ0v) is 16.2. The second kappa shape index (κ2) is 5.84. The molecular formula is C22H29FO4. The Bertz CT molecular complexity index is 757. The number of alkyl halides is 1. The van der Waals surface area contributed by atoms with Gasteiger partial charge in [-0.1, -0.05) is 32.4 Å². The predicted molar refractivity (Wildman–Crippen MR) is 98.5 cm³/mol. The summed E-state index contributed by atoms with van der Waals surface area (Å²) in [7, 11) is 0. The number of aliphatic hydroxyl groups excluding tert-OH is 1. The van der Waals surface area contributed by atoms with Crippen LogP contribution in [0.4, 0.5) is 4.39 Å². The molecule has 2 N–H and O–H groups in total. The van der Waals surface area contributed by atoms with Crippen molar-refractivity contribution >= 4 is 11.6 Å². The first-order chi connectivity index (χ1) is 12.6. The predicted octanol–water partition coefficient (Wildman–Crippen LogP) is 2.78. The van der Waals surface area contributed by atoms with Gasteiger partial charge in [-0.2, -0.15) is 0 Å². The number of hydrogen-bond donors (Lipinski definition) is 2. The summed E-state index contributed by atoms with van der Waals surface area (Å²) in [6.45, 7) is 4.89. The minimum Gasteiger partial charge on any atom is -0.393 e. The molecule has 148 valence electrons. The first-order valence-electron chi connectivity index (χ1n) is 10.0. The molecule has 8 atom stereocenters.